The highest BCUT2D eigenvalue weighted by molar-refractivity contribution is 6.31. The molecule has 0 aliphatic heterocycles. The Bertz CT molecular complexity index is 705. The SMILES string of the molecule is COc1ccc(Cl)cc1NC(=O)C(C)N(C)Cc1ccc(Cl)cc1. The van der Waals surface area contributed by atoms with Crippen LogP contribution in [0.5, 0.6) is 5.75 Å². The van der Waals surface area contributed by atoms with Gasteiger partial charge >= 0.3 is 0 Å². The fraction of sp³-hybridized carbons (Fsp3) is 0.278. The van der Waals surface area contributed by atoms with E-state index in [1.807, 2.05) is 43.1 Å². The number of ether oxygens (including phenoxy) is 1. The molecule has 0 aliphatic carbocycles. The number of hydrogen-bond acceptors (Lipinski definition) is 3. The Hall–Kier alpha value is -1.75. The van der Waals surface area contributed by atoms with E-state index in [-0.39, 0.29) is 11.9 Å². The molecule has 128 valence electrons. The zero-order chi connectivity index (χ0) is 17.7. The number of halogens is 2. The Morgan fingerprint density at radius 3 is 2.42 bits per heavy atom. The zero-order valence-electron chi connectivity index (χ0n) is 13.8. The molecule has 0 spiro atoms. The molecule has 0 radical (unpaired) electrons. The lowest BCUT2D eigenvalue weighted by atomic mass is 10.2. The van der Waals surface area contributed by atoms with Crippen molar-refractivity contribution in [3.8, 4) is 5.75 Å². The molecule has 0 aliphatic rings. The maximum atomic E-state index is 12.5. The number of likely N-dealkylation sites (N-methyl/N-ethyl adjacent to an activating group) is 1. The molecule has 1 N–H and O–H groups in total. The van der Waals surface area contributed by atoms with Crippen molar-refractivity contribution in [3.63, 3.8) is 0 Å². The number of nitrogens with zero attached hydrogens (tertiary/aromatic N) is 1. The third kappa shape index (κ3) is 4.87. The number of rotatable bonds is 6. The fourth-order valence-corrected chi connectivity index (χ4v) is 2.53. The first-order valence-electron chi connectivity index (χ1n) is 7.50. The summed E-state index contributed by atoms with van der Waals surface area (Å²) in [5, 5.41) is 4.10. The number of carbonyl (C=O) groups excluding carboxylic acids is 1. The third-order valence-corrected chi connectivity index (χ3v) is 4.29. The number of benzene rings is 2. The molecule has 0 heterocycles. The minimum Gasteiger partial charge on any atom is -0.495 e. The Kier molecular flexibility index (Phi) is 6.49. The van der Waals surface area contributed by atoms with Crippen LogP contribution >= 0.6 is 23.2 Å². The molecule has 0 saturated heterocycles. The predicted molar refractivity (Wildman–Crippen MR) is 99.0 cm³/mol. The number of anilines is 1. The molecule has 24 heavy (non-hydrogen) atoms. The number of amides is 1. The summed E-state index contributed by atoms with van der Waals surface area (Å²) in [5.74, 6) is 0.437. The molecule has 2 aromatic rings. The summed E-state index contributed by atoms with van der Waals surface area (Å²) < 4.78 is 5.25. The summed E-state index contributed by atoms with van der Waals surface area (Å²) in [6.45, 7) is 2.49. The highest BCUT2D eigenvalue weighted by Gasteiger charge is 2.19. The standard InChI is InChI=1S/C18H20Cl2N2O2/c1-12(22(2)11-13-4-6-14(19)7-5-13)18(23)21-16-10-15(20)8-9-17(16)24-3/h4-10,12H,11H2,1-3H3,(H,21,23). The van der Waals surface area contributed by atoms with Crippen molar-refractivity contribution in [3.05, 3.63) is 58.1 Å². The van der Waals surface area contributed by atoms with E-state index in [0.717, 1.165) is 5.56 Å². The summed E-state index contributed by atoms with van der Waals surface area (Å²) in [6, 6.07) is 12.4. The van der Waals surface area contributed by atoms with Gasteiger partial charge in [0.2, 0.25) is 5.91 Å². The maximum Gasteiger partial charge on any atom is 0.241 e. The van der Waals surface area contributed by atoms with E-state index in [1.54, 1.807) is 25.3 Å². The lowest BCUT2D eigenvalue weighted by molar-refractivity contribution is -0.120. The molecular weight excluding hydrogens is 347 g/mol. The van der Waals surface area contributed by atoms with E-state index >= 15 is 0 Å². The molecule has 1 unspecified atom stereocenters. The van der Waals surface area contributed by atoms with Crippen molar-refractivity contribution in [2.45, 2.75) is 19.5 Å². The number of hydrogen-bond donors (Lipinski definition) is 1. The van der Waals surface area contributed by atoms with Crippen molar-refractivity contribution < 1.29 is 9.53 Å². The van der Waals surface area contributed by atoms with Gasteiger partial charge in [-0.1, -0.05) is 35.3 Å². The van der Waals surface area contributed by atoms with Crippen LogP contribution in [0.3, 0.4) is 0 Å². The molecule has 0 bridgehead atoms. The van der Waals surface area contributed by atoms with E-state index in [2.05, 4.69) is 5.32 Å². The van der Waals surface area contributed by atoms with E-state index in [0.29, 0.717) is 28.0 Å². The summed E-state index contributed by atoms with van der Waals surface area (Å²) in [7, 11) is 3.45. The molecule has 2 aromatic carbocycles. The molecule has 6 heteroatoms. The van der Waals surface area contributed by atoms with Crippen LogP contribution in [0.4, 0.5) is 5.69 Å². The Labute approximate surface area is 152 Å². The van der Waals surface area contributed by atoms with Crippen molar-refractivity contribution in [1.29, 1.82) is 0 Å². The molecule has 0 aromatic heterocycles. The largest absolute Gasteiger partial charge is 0.495 e. The van der Waals surface area contributed by atoms with Gasteiger partial charge in [0.15, 0.2) is 0 Å². The van der Waals surface area contributed by atoms with Crippen LogP contribution in [-0.2, 0) is 11.3 Å². The Balaban J connectivity index is 2.03. The first kappa shape index (κ1) is 18.6. The summed E-state index contributed by atoms with van der Waals surface area (Å²) in [5.41, 5.74) is 1.64. The number of carbonyl (C=O) groups is 1. The summed E-state index contributed by atoms with van der Waals surface area (Å²) in [6.07, 6.45) is 0. The first-order chi connectivity index (χ1) is 11.4. The highest BCUT2D eigenvalue weighted by atomic mass is 35.5. The van der Waals surface area contributed by atoms with Gasteiger partial charge in [-0.25, -0.2) is 0 Å². The maximum absolute atomic E-state index is 12.5. The normalized spacial score (nSPS) is 12.1. The van der Waals surface area contributed by atoms with E-state index in [9.17, 15) is 4.79 Å². The van der Waals surface area contributed by atoms with E-state index < -0.39 is 0 Å². The predicted octanol–water partition coefficient (Wildman–Crippen LogP) is 4.46. The van der Waals surface area contributed by atoms with Crippen LogP contribution in [0, 0.1) is 0 Å². The zero-order valence-corrected chi connectivity index (χ0v) is 15.4. The molecule has 0 saturated carbocycles. The molecule has 4 nitrogen and oxygen atoms in total. The number of nitrogens with one attached hydrogen (secondary N) is 1. The summed E-state index contributed by atoms with van der Waals surface area (Å²) in [4.78, 5) is 14.5. The Morgan fingerprint density at radius 1 is 1.17 bits per heavy atom. The average Bonchev–Trinajstić information content (AvgIpc) is 2.56. The second kappa shape index (κ2) is 8.38. The van der Waals surface area contributed by atoms with Crippen LogP contribution in [0.1, 0.15) is 12.5 Å². The van der Waals surface area contributed by atoms with Crippen molar-refractivity contribution in [1.82, 2.24) is 4.90 Å². The minimum atomic E-state index is -0.329. The number of methoxy groups -OCH3 is 1. The van der Waals surface area contributed by atoms with E-state index in [4.69, 9.17) is 27.9 Å². The smallest absolute Gasteiger partial charge is 0.241 e. The molecular formula is C18H20Cl2N2O2. The van der Waals surface area contributed by atoms with Gasteiger partial charge in [-0.05, 0) is 49.9 Å². The van der Waals surface area contributed by atoms with Crippen LogP contribution in [0.25, 0.3) is 0 Å². The van der Waals surface area contributed by atoms with Gasteiger partial charge in [0.05, 0.1) is 18.8 Å². The van der Waals surface area contributed by atoms with Gasteiger partial charge in [-0.3, -0.25) is 9.69 Å². The van der Waals surface area contributed by atoms with Crippen LogP contribution in [0.15, 0.2) is 42.5 Å². The van der Waals surface area contributed by atoms with Gasteiger partial charge in [0, 0.05) is 16.6 Å². The van der Waals surface area contributed by atoms with Crippen LogP contribution < -0.4 is 10.1 Å². The third-order valence-electron chi connectivity index (χ3n) is 3.81. The topological polar surface area (TPSA) is 41.6 Å². The fourth-order valence-electron chi connectivity index (χ4n) is 2.23. The van der Waals surface area contributed by atoms with Crippen molar-refractivity contribution >= 4 is 34.8 Å². The minimum absolute atomic E-state index is 0.132. The van der Waals surface area contributed by atoms with Crippen LogP contribution in [-0.4, -0.2) is 31.0 Å². The summed E-state index contributed by atoms with van der Waals surface area (Å²) >= 11 is 11.9. The highest BCUT2D eigenvalue weighted by Crippen LogP contribution is 2.28. The van der Waals surface area contributed by atoms with Gasteiger partial charge in [-0.15, -0.1) is 0 Å². The quantitative estimate of drug-likeness (QED) is 0.820. The second-order valence-corrected chi connectivity index (χ2v) is 6.42. The van der Waals surface area contributed by atoms with Crippen molar-refractivity contribution in [2.75, 3.05) is 19.5 Å². The van der Waals surface area contributed by atoms with Gasteiger partial charge < -0.3 is 10.1 Å². The van der Waals surface area contributed by atoms with Crippen molar-refractivity contribution in [2.24, 2.45) is 0 Å². The van der Waals surface area contributed by atoms with E-state index in [1.165, 1.54) is 0 Å². The monoisotopic (exact) mass is 366 g/mol. The lowest BCUT2D eigenvalue weighted by Crippen LogP contribution is -2.39. The molecule has 2 rings (SSSR count). The Morgan fingerprint density at radius 2 is 1.79 bits per heavy atom. The molecule has 1 atom stereocenters. The lowest BCUT2D eigenvalue weighted by Gasteiger charge is -2.24. The molecule has 1 amide bonds. The first-order valence-corrected chi connectivity index (χ1v) is 8.25. The van der Waals surface area contributed by atoms with Gasteiger partial charge in [-0.2, -0.15) is 0 Å². The average molecular weight is 367 g/mol. The molecule has 0 fully saturated rings. The van der Waals surface area contributed by atoms with Gasteiger partial charge in [0.25, 0.3) is 0 Å². The van der Waals surface area contributed by atoms with Crippen LogP contribution in [0.2, 0.25) is 10.0 Å². The second-order valence-electron chi connectivity index (χ2n) is 5.55. The van der Waals surface area contributed by atoms with Gasteiger partial charge in [0.1, 0.15) is 5.75 Å².